The molecule has 3 aromatic rings. The molecule has 0 saturated heterocycles. The van der Waals surface area contributed by atoms with E-state index in [0.717, 1.165) is 29.7 Å². The number of aryl methyl sites for hydroxylation is 1. The monoisotopic (exact) mass is 426 g/mol. The van der Waals surface area contributed by atoms with Gasteiger partial charge in [-0.1, -0.05) is 30.3 Å². The number of anilines is 2. The smallest absolute Gasteiger partial charge is 0.258 e. The van der Waals surface area contributed by atoms with E-state index in [1.54, 1.807) is 11.0 Å². The summed E-state index contributed by atoms with van der Waals surface area (Å²) in [5.41, 5.74) is 4.10. The Kier molecular flexibility index (Phi) is 5.34. The van der Waals surface area contributed by atoms with Crippen molar-refractivity contribution in [2.45, 2.75) is 12.8 Å². The Morgan fingerprint density at radius 1 is 0.938 bits per heavy atom. The summed E-state index contributed by atoms with van der Waals surface area (Å²) in [6.07, 6.45) is 5.02. The van der Waals surface area contributed by atoms with Gasteiger partial charge in [0.2, 0.25) is 12.7 Å². The predicted molar refractivity (Wildman–Crippen MR) is 123 cm³/mol. The molecule has 0 aliphatic carbocycles. The molecule has 0 spiro atoms. The third kappa shape index (κ3) is 4.07. The van der Waals surface area contributed by atoms with Crippen molar-refractivity contribution >= 4 is 29.3 Å². The van der Waals surface area contributed by atoms with Crippen molar-refractivity contribution in [2.24, 2.45) is 0 Å². The molecular weight excluding hydrogens is 404 g/mol. The van der Waals surface area contributed by atoms with Crippen molar-refractivity contribution in [3.8, 4) is 11.5 Å². The van der Waals surface area contributed by atoms with Crippen molar-refractivity contribution in [2.75, 3.05) is 23.6 Å². The summed E-state index contributed by atoms with van der Waals surface area (Å²) in [5.74, 6) is 1.10. The molecule has 0 radical (unpaired) electrons. The van der Waals surface area contributed by atoms with E-state index in [-0.39, 0.29) is 18.6 Å². The molecule has 2 aliphatic rings. The molecule has 0 unspecified atom stereocenters. The summed E-state index contributed by atoms with van der Waals surface area (Å²) >= 11 is 0. The highest BCUT2D eigenvalue weighted by molar-refractivity contribution is 6.07. The number of carbonyl (C=O) groups is 2. The summed E-state index contributed by atoms with van der Waals surface area (Å²) < 4.78 is 10.7. The molecule has 0 saturated carbocycles. The highest BCUT2D eigenvalue weighted by Crippen LogP contribution is 2.33. The summed E-state index contributed by atoms with van der Waals surface area (Å²) in [6.45, 7) is 0.868. The van der Waals surface area contributed by atoms with Crippen molar-refractivity contribution in [1.29, 1.82) is 0 Å². The number of amides is 2. The molecule has 160 valence electrons. The summed E-state index contributed by atoms with van der Waals surface area (Å²) in [6, 6.07) is 20.5. The van der Waals surface area contributed by atoms with Gasteiger partial charge in [-0.05, 0) is 66.4 Å². The van der Waals surface area contributed by atoms with Gasteiger partial charge in [0.15, 0.2) is 11.5 Å². The van der Waals surface area contributed by atoms with Crippen LogP contribution in [-0.4, -0.2) is 25.2 Å². The number of benzene rings is 3. The molecule has 3 aromatic carbocycles. The lowest BCUT2D eigenvalue weighted by atomic mass is 10.00. The van der Waals surface area contributed by atoms with Crippen LogP contribution in [-0.2, 0) is 11.2 Å². The minimum absolute atomic E-state index is 0.0299. The maximum absolute atomic E-state index is 13.0. The second-order valence-corrected chi connectivity index (χ2v) is 7.71. The van der Waals surface area contributed by atoms with E-state index in [1.165, 1.54) is 6.08 Å². The first-order chi connectivity index (χ1) is 15.7. The van der Waals surface area contributed by atoms with E-state index < -0.39 is 0 Å². The predicted octanol–water partition coefficient (Wildman–Crippen LogP) is 4.66. The van der Waals surface area contributed by atoms with E-state index in [4.69, 9.17) is 9.47 Å². The van der Waals surface area contributed by atoms with Crippen LogP contribution in [0, 0.1) is 0 Å². The Morgan fingerprint density at radius 2 is 1.78 bits per heavy atom. The van der Waals surface area contributed by atoms with Crippen LogP contribution in [0.4, 0.5) is 11.4 Å². The maximum Gasteiger partial charge on any atom is 0.258 e. The summed E-state index contributed by atoms with van der Waals surface area (Å²) in [4.78, 5) is 27.3. The molecule has 32 heavy (non-hydrogen) atoms. The van der Waals surface area contributed by atoms with Crippen LogP contribution < -0.4 is 19.7 Å². The number of hydrogen-bond acceptors (Lipinski definition) is 4. The molecule has 2 amide bonds. The first-order valence-corrected chi connectivity index (χ1v) is 10.6. The SMILES string of the molecule is O=C(/C=C/c1ccc2c(c1)OCO2)Nc1ccc2c(c1)N(C(=O)c1ccccc1)CCC2. The van der Waals surface area contributed by atoms with Crippen molar-refractivity contribution in [3.05, 3.63) is 89.5 Å². The Hall–Kier alpha value is -4.06. The Morgan fingerprint density at radius 3 is 2.66 bits per heavy atom. The van der Waals surface area contributed by atoms with Crippen LogP contribution >= 0.6 is 0 Å². The summed E-state index contributed by atoms with van der Waals surface area (Å²) in [5, 5.41) is 2.89. The molecule has 6 nitrogen and oxygen atoms in total. The lowest BCUT2D eigenvalue weighted by molar-refractivity contribution is -0.111. The number of carbonyl (C=O) groups excluding carboxylic acids is 2. The maximum atomic E-state index is 13.0. The molecule has 0 bridgehead atoms. The Bertz CT molecular complexity index is 1200. The number of nitrogens with zero attached hydrogens (tertiary/aromatic N) is 1. The van der Waals surface area contributed by atoms with Gasteiger partial charge in [-0.15, -0.1) is 0 Å². The van der Waals surface area contributed by atoms with Crippen molar-refractivity contribution in [3.63, 3.8) is 0 Å². The number of rotatable bonds is 4. The van der Waals surface area contributed by atoms with Crippen LogP contribution in [0.2, 0.25) is 0 Å². The first-order valence-electron chi connectivity index (χ1n) is 10.6. The van der Waals surface area contributed by atoms with Gasteiger partial charge in [-0.25, -0.2) is 0 Å². The van der Waals surface area contributed by atoms with E-state index in [2.05, 4.69) is 5.32 Å². The third-order valence-electron chi connectivity index (χ3n) is 5.56. The fraction of sp³-hybridized carbons (Fsp3) is 0.154. The van der Waals surface area contributed by atoms with Gasteiger partial charge < -0.3 is 19.7 Å². The minimum atomic E-state index is -0.251. The number of fused-ring (bicyclic) bond motifs is 2. The first kappa shape index (κ1) is 19.9. The van der Waals surface area contributed by atoms with Crippen molar-refractivity contribution < 1.29 is 19.1 Å². The molecule has 1 N–H and O–H groups in total. The zero-order chi connectivity index (χ0) is 21.9. The quantitative estimate of drug-likeness (QED) is 0.616. The second kappa shape index (κ2) is 8.59. The Balaban J connectivity index is 1.32. The molecule has 2 heterocycles. The normalized spacial score (nSPS) is 14.3. The molecule has 5 rings (SSSR count). The number of nitrogens with one attached hydrogen (secondary N) is 1. The molecule has 2 aliphatic heterocycles. The minimum Gasteiger partial charge on any atom is -0.454 e. The largest absolute Gasteiger partial charge is 0.454 e. The van der Waals surface area contributed by atoms with E-state index in [9.17, 15) is 9.59 Å². The topological polar surface area (TPSA) is 67.9 Å². The van der Waals surface area contributed by atoms with E-state index in [1.807, 2.05) is 66.7 Å². The second-order valence-electron chi connectivity index (χ2n) is 7.71. The molecule has 6 heteroatoms. The lowest BCUT2D eigenvalue weighted by Crippen LogP contribution is -2.35. The number of ether oxygens (including phenoxy) is 2. The molecule has 0 aromatic heterocycles. The van der Waals surface area contributed by atoms with E-state index in [0.29, 0.717) is 29.3 Å². The van der Waals surface area contributed by atoms with E-state index >= 15 is 0 Å². The standard InChI is InChI=1S/C26H22N2O4/c29-25(13-9-18-8-12-23-24(15-18)32-17-31-23)27-21-11-10-19-7-4-14-28(22(19)16-21)26(30)20-5-2-1-3-6-20/h1-3,5-6,8-13,15-16H,4,7,14,17H2,(H,27,29)/b13-9+. The lowest BCUT2D eigenvalue weighted by Gasteiger charge is -2.30. The van der Waals surface area contributed by atoms with Gasteiger partial charge in [-0.2, -0.15) is 0 Å². The molecule has 0 atom stereocenters. The van der Waals surface area contributed by atoms with Gasteiger partial charge in [-0.3, -0.25) is 9.59 Å². The van der Waals surface area contributed by atoms with Crippen LogP contribution in [0.5, 0.6) is 11.5 Å². The van der Waals surface area contributed by atoms with Gasteiger partial charge >= 0.3 is 0 Å². The van der Waals surface area contributed by atoms with Crippen LogP contribution in [0.15, 0.2) is 72.8 Å². The highest BCUT2D eigenvalue weighted by atomic mass is 16.7. The zero-order valence-corrected chi connectivity index (χ0v) is 17.4. The molecule has 0 fully saturated rings. The Labute approximate surface area is 186 Å². The highest BCUT2D eigenvalue weighted by Gasteiger charge is 2.24. The fourth-order valence-corrected chi connectivity index (χ4v) is 3.97. The third-order valence-corrected chi connectivity index (χ3v) is 5.56. The van der Waals surface area contributed by atoms with Crippen LogP contribution in [0.1, 0.15) is 27.9 Å². The average Bonchev–Trinajstić information content (AvgIpc) is 3.30. The number of hydrogen-bond donors (Lipinski definition) is 1. The molecular formula is C26H22N2O4. The van der Waals surface area contributed by atoms with Crippen LogP contribution in [0.3, 0.4) is 0 Å². The average molecular weight is 426 g/mol. The van der Waals surface area contributed by atoms with Gasteiger partial charge in [0.05, 0.1) is 0 Å². The van der Waals surface area contributed by atoms with Crippen molar-refractivity contribution in [1.82, 2.24) is 0 Å². The zero-order valence-electron chi connectivity index (χ0n) is 17.4. The van der Waals surface area contributed by atoms with Gasteiger partial charge in [0.25, 0.3) is 5.91 Å². The van der Waals surface area contributed by atoms with Gasteiger partial charge in [0.1, 0.15) is 0 Å². The summed E-state index contributed by atoms with van der Waals surface area (Å²) in [7, 11) is 0. The van der Waals surface area contributed by atoms with Gasteiger partial charge in [0, 0.05) is 29.6 Å². The van der Waals surface area contributed by atoms with Crippen LogP contribution in [0.25, 0.3) is 6.08 Å². The fourth-order valence-electron chi connectivity index (χ4n) is 3.97.